The highest BCUT2D eigenvalue weighted by Crippen LogP contribution is 2.45. The number of ether oxygens (including phenoxy) is 2. The molecule has 1 aromatic heterocycles. The number of benzene rings is 2. The van der Waals surface area contributed by atoms with Crippen LogP contribution in [0.3, 0.4) is 0 Å². The molecule has 5 rings (SSSR count). The van der Waals surface area contributed by atoms with Crippen molar-refractivity contribution in [1.82, 2.24) is 10.1 Å². The van der Waals surface area contributed by atoms with E-state index in [-0.39, 0.29) is 12.7 Å². The van der Waals surface area contributed by atoms with Crippen molar-refractivity contribution in [3.63, 3.8) is 0 Å². The summed E-state index contributed by atoms with van der Waals surface area (Å²) >= 11 is 4.86. The monoisotopic (exact) mass is 486 g/mol. The number of rotatable bonds is 2. The van der Waals surface area contributed by atoms with Crippen LogP contribution >= 0.6 is 27.7 Å². The lowest BCUT2D eigenvalue weighted by Crippen LogP contribution is -2.58. The highest BCUT2D eigenvalue weighted by molar-refractivity contribution is 9.10. The molecule has 1 atom stereocenters. The molecular formula is C20H15BrN4O4S. The number of halogens is 1. The minimum Gasteiger partial charge on any atom is -0.854 e. The van der Waals surface area contributed by atoms with Crippen molar-refractivity contribution < 1.29 is 24.1 Å². The van der Waals surface area contributed by atoms with Gasteiger partial charge in [0.25, 0.3) is 17.0 Å². The van der Waals surface area contributed by atoms with E-state index in [1.165, 1.54) is 18.7 Å². The van der Waals surface area contributed by atoms with Crippen LogP contribution in [0.15, 0.2) is 46.0 Å². The summed E-state index contributed by atoms with van der Waals surface area (Å²) in [6.45, 7) is 1.62. The van der Waals surface area contributed by atoms with Gasteiger partial charge in [-0.05, 0) is 30.5 Å². The van der Waals surface area contributed by atoms with Crippen LogP contribution in [-0.4, -0.2) is 29.0 Å². The lowest BCUT2D eigenvalue weighted by molar-refractivity contribution is -0.764. The van der Waals surface area contributed by atoms with Gasteiger partial charge in [0, 0.05) is 16.5 Å². The summed E-state index contributed by atoms with van der Waals surface area (Å²) in [5.74, 6) is 0.594. The third kappa shape index (κ3) is 2.82. The number of hydrogen-bond donors (Lipinski definition) is 0. The Kier molecular flexibility index (Phi) is 4.55. The summed E-state index contributed by atoms with van der Waals surface area (Å²) in [5, 5.41) is 17.9. The molecule has 0 fully saturated rings. The Morgan fingerprint density at radius 2 is 2.03 bits per heavy atom. The van der Waals surface area contributed by atoms with E-state index >= 15 is 0 Å². The third-order valence-electron chi connectivity index (χ3n) is 5.01. The van der Waals surface area contributed by atoms with Crippen molar-refractivity contribution >= 4 is 39.3 Å². The highest BCUT2D eigenvalue weighted by atomic mass is 79.9. The molecule has 8 nitrogen and oxygen atoms in total. The second kappa shape index (κ2) is 7.13. The SMILES string of the molecule is CSc1nc([O-])c2[n+](n1)C(c1cc3c(cc1Br)OCO3)N(C(C)=O)c1ccccc1-2. The molecule has 3 heterocycles. The van der Waals surface area contributed by atoms with Gasteiger partial charge in [-0.2, -0.15) is 0 Å². The maximum Gasteiger partial charge on any atom is 0.294 e. The predicted molar refractivity (Wildman–Crippen MR) is 110 cm³/mol. The lowest BCUT2D eigenvalue weighted by Gasteiger charge is -2.33. The topological polar surface area (TPSA) is 91.5 Å². The van der Waals surface area contributed by atoms with E-state index in [0.717, 1.165) is 0 Å². The predicted octanol–water partition coefficient (Wildman–Crippen LogP) is 2.63. The van der Waals surface area contributed by atoms with E-state index in [9.17, 15) is 9.90 Å². The van der Waals surface area contributed by atoms with Crippen LogP contribution in [0.4, 0.5) is 5.69 Å². The Morgan fingerprint density at radius 3 is 2.77 bits per heavy atom. The minimum atomic E-state index is -0.710. The van der Waals surface area contributed by atoms with Gasteiger partial charge < -0.3 is 14.6 Å². The van der Waals surface area contributed by atoms with Crippen molar-refractivity contribution in [2.24, 2.45) is 0 Å². The Labute approximate surface area is 184 Å². The standard InChI is InChI=1S/C20H15BrN4O4S/c1-10(26)24-14-6-4-3-5-11(14)17-18(27)22-20(30-2)23-25(17)19(24)12-7-15-16(8-13(12)21)29-9-28-15/h3-8,19H,9H2,1-2H3. The van der Waals surface area contributed by atoms with Gasteiger partial charge in [-0.15, -0.1) is 0 Å². The fraction of sp³-hybridized carbons (Fsp3) is 0.200. The number of hydrogen-bond acceptors (Lipinski definition) is 7. The van der Waals surface area contributed by atoms with Gasteiger partial charge in [0.1, 0.15) is 0 Å². The van der Waals surface area contributed by atoms with E-state index in [0.29, 0.717) is 43.6 Å². The zero-order valence-electron chi connectivity index (χ0n) is 16.0. The number of carbonyl (C=O) groups is 1. The van der Waals surface area contributed by atoms with Crippen LogP contribution in [0, 0.1) is 0 Å². The van der Waals surface area contributed by atoms with Gasteiger partial charge >= 0.3 is 0 Å². The number of nitrogens with zero attached hydrogens (tertiary/aromatic N) is 4. The first-order valence-corrected chi connectivity index (χ1v) is 11.0. The Morgan fingerprint density at radius 1 is 1.30 bits per heavy atom. The quantitative estimate of drug-likeness (QED) is 0.406. The van der Waals surface area contributed by atoms with Crippen LogP contribution in [0.2, 0.25) is 0 Å². The average molecular weight is 487 g/mol. The molecular weight excluding hydrogens is 472 g/mol. The molecule has 3 aromatic rings. The first kappa shape index (κ1) is 19.1. The fourth-order valence-electron chi connectivity index (χ4n) is 3.77. The van der Waals surface area contributed by atoms with E-state index in [1.54, 1.807) is 28.0 Å². The second-order valence-electron chi connectivity index (χ2n) is 6.70. The van der Waals surface area contributed by atoms with Crippen molar-refractivity contribution in [2.45, 2.75) is 18.2 Å². The molecule has 2 aliphatic rings. The summed E-state index contributed by atoms with van der Waals surface area (Å²) in [5.41, 5.74) is 2.27. The molecule has 0 N–H and O–H groups in total. The Bertz CT molecular complexity index is 1210. The second-order valence-corrected chi connectivity index (χ2v) is 8.33. The van der Waals surface area contributed by atoms with Gasteiger partial charge in [0.2, 0.25) is 12.7 Å². The zero-order valence-corrected chi connectivity index (χ0v) is 18.4. The van der Waals surface area contributed by atoms with Crippen molar-refractivity contribution in [3.8, 4) is 28.6 Å². The van der Waals surface area contributed by atoms with Crippen LogP contribution < -0.4 is 24.2 Å². The van der Waals surface area contributed by atoms with Crippen molar-refractivity contribution in [3.05, 3.63) is 46.4 Å². The lowest BCUT2D eigenvalue weighted by atomic mass is 10.0. The molecule has 1 amide bonds. The number of fused-ring (bicyclic) bond motifs is 4. The third-order valence-corrected chi connectivity index (χ3v) is 6.23. The molecule has 1 unspecified atom stereocenters. The maximum atomic E-state index is 13.0. The van der Waals surface area contributed by atoms with E-state index in [1.807, 2.05) is 24.3 Å². The number of carbonyl (C=O) groups excluding carboxylic acids is 1. The van der Waals surface area contributed by atoms with Gasteiger partial charge in [0.05, 0.1) is 22.7 Å². The first-order valence-electron chi connectivity index (χ1n) is 9.02. The average Bonchev–Trinajstić information content (AvgIpc) is 3.18. The van der Waals surface area contributed by atoms with E-state index in [4.69, 9.17) is 9.47 Å². The molecule has 0 radical (unpaired) electrons. The number of para-hydroxylation sites is 1. The van der Waals surface area contributed by atoms with Crippen LogP contribution in [-0.2, 0) is 4.79 Å². The summed E-state index contributed by atoms with van der Waals surface area (Å²) < 4.78 is 13.3. The summed E-state index contributed by atoms with van der Waals surface area (Å²) in [4.78, 5) is 18.6. The molecule has 2 aromatic carbocycles. The largest absolute Gasteiger partial charge is 0.854 e. The van der Waals surface area contributed by atoms with Crippen molar-refractivity contribution in [1.29, 1.82) is 0 Å². The van der Waals surface area contributed by atoms with Gasteiger partial charge in [0.15, 0.2) is 11.5 Å². The summed E-state index contributed by atoms with van der Waals surface area (Å²) in [7, 11) is 0. The minimum absolute atomic E-state index is 0.127. The molecule has 152 valence electrons. The Balaban J connectivity index is 1.85. The highest BCUT2D eigenvalue weighted by Gasteiger charge is 2.45. The molecule has 10 heteroatoms. The van der Waals surface area contributed by atoms with Crippen LogP contribution in [0.25, 0.3) is 11.3 Å². The summed E-state index contributed by atoms with van der Waals surface area (Å²) in [6.07, 6.45) is 1.09. The van der Waals surface area contributed by atoms with Gasteiger partial charge in [-0.25, -0.2) is 9.88 Å². The number of aromatic nitrogens is 3. The normalized spacial score (nSPS) is 16.2. The molecule has 0 aliphatic carbocycles. The maximum absolute atomic E-state index is 13.0. The molecule has 0 saturated heterocycles. The molecule has 0 spiro atoms. The van der Waals surface area contributed by atoms with Crippen LogP contribution in [0.1, 0.15) is 18.7 Å². The molecule has 2 aliphatic heterocycles. The smallest absolute Gasteiger partial charge is 0.294 e. The van der Waals surface area contributed by atoms with E-state index < -0.39 is 12.0 Å². The first-order chi connectivity index (χ1) is 14.5. The van der Waals surface area contributed by atoms with E-state index in [2.05, 4.69) is 26.0 Å². The van der Waals surface area contributed by atoms with Gasteiger partial charge in [-0.1, -0.05) is 44.5 Å². The number of amides is 1. The zero-order chi connectivity index (χ0) is 21.0. The molecule has 0 saturated carbocycles. The molecule has 30 heavy (non-hydrogen) atoms. The molecule has 0 bridgehead atoms. The van der Waals surface area contributed by atoms with Gasteiger partial charge in [-0.3, -0.25) is 4.79 Å². The fourth-order valence-corrected chi connectivity index (χ4v) is 4.64. The summed E-state index contributed by atoms with van der Waals surface area (Å²) in [6, 6.07) is 10.9. The number of thioether (sulfide) groups is 1. The van der Waals surface area contributed by atoms with Crippen molar-refractivity contribution in [2.75, 3.05) is 17.9 Å². The Hall–Kier alpha value is -2.85. The number of anilines is 1. The van der Waals surface area contributed by atoms with Crippen LogP contribution in [0.5, 0.6) is 17.4 Å².